The first-order chi connectivity index (χ1) is 8.95. The van der Waals surface area contributed by atoms with Crippen molar-refractivity contribution >= 4 is 0 Å². The smallest absolute Gasteiger partial charge is 0.0702 e. The Morgan fingerprint density at radius 2 is 2.16 bits per heavy atom. The second-order valence-electron chi connectivity index (χ2n) is 7.02. The molecule has 0 radical (unpaired) electrons. The maximum Gasteiger partial charge on any atom is 0.0702 e. The monoisotopic (exact) mass is 270 g/mol. The van der Waals surface area contributed by atoms with Crippen molar-refractivity contribution in [2.24, 2.45) is 11.3 Å². The van der Waals surface area contributed by atoms with Crippen molar-refractivity contribution in [3.05, 3.63) is 0 Å². The van der Waals surface area contributed by atoms with Gasteiger partial charge in [-0.1, -0.05) is 27.7 Å². The van der Waals surface area contributed by atoms with Crippen LogP contribution in [-0.4, -0.2) is 50.8 Å². The molecule has 1 heterocycles. The highest BCUT2D eigenvalue weighted by molar-refractivity contribution is 4.80. The Morgan fingerprint density at radius 1 is 1.42 bits per heavy atom. The van der Waals surface area contributed by atoms with Crippen LogP contribution in [0.2, 0.25) is 0 Å². The predicted octanol–water partition coefficient (Wildman–Crippen LogP) is 2.76. The van der Waals surface area contributed by atoms with Crippen molar-refractivity contribution in [2.75, 3.05) is 39.8 Å². The normalized spacial score (nSPS) is 23.2. The highest BCUT2D eigenvalue weighted by Gasteiger charge is 2.26. The van der Waals surface area contributed by atoms with E-state index in [2.05, 4.69) is 45.0 Å². The summed E-state index contributed by atoms with van der Waals surface area (Å²) in [4.78, 5) is 2.45. The molecule has 19 heavy (non-hydrogen) atoms. The number of likely N-dealkylation sites (N-methyl/N-ethyl adjacent to an activating group) is 1. The molecule has 1 aliphatic rings. The summed E-state index contributed by atoms with van der Waals surface area (Å²) >= 11 is 0. The average Bonchev–Trinajstić information content (AvgIpc) is 2.81. The van der Waals surface area contributed by atoms with Crippen LogP contribution in [-0.2, 0) is 4.74 Å². The average molecular weight is 270 g/mol. The van der Waals surface area contributed by atoms with Gasteiger partial charge in [0.1, 0.15) is 0 Å². The summed E-state index contributed by atoms with van der Waals surface area (Å²) < 4.78 is 5.73. The summed E-state index contributed by atoms with van der Waals surface area (Å²) in [5, 5.41) is 3.62. The lowest BCUT2D eigenvalue weighted by Crippen LogP contribution is -2.43. The highest BCUT2D eigenvalue weighted by Crippen LogP contribution is 2.22. The molecule has 1 rings (SSSR count). The van der Waals surface area contributed by atoms with Crippen LogP contribution in [0, 0.1) is 11.3 Å². The summed E-state index contributed by atoms with van der Waals surface area (Å²) in [6.45, 7) is 14.6. The number of nitrogens with zero attached hydrogens (tertiary/aromatic N) is 1. The molecule has 2 atom stereocenters. The lowest BCUT2D eigenvalue weighted by Gasteiger charge is -2.34. The van der Waals surface area contributed by atoms with Crippen LogP contribution < -0.4 is 5.32 Å². The zero-order valence-electron chi connectivity index (χ0n) is 13.7. The first-order valence-corrected chi connectivity index (χ1v) is 7.96. The fraction of sp³-hybridized carbons (Fsp3) is 1.00. The molecule has 0 spiro atoms. The van der Waals surface area contributed by atoms with Crippen LogP contribution in [0.25, 0.3) is 0 Å². The Balaban J connectivity index is 2.31. The molecule has 1 N–H and O–H groups in total. The van der Waals surface area contributed by atoms with Gasteiger partial charge < -0.3 is 15.0 Å². The number of hydrogen-bond acceptors (Lipinski definition) is 3. The van der Waals surface area contributed by atoms with Gasteiger partial charge in [0.15, 0.2) is 0 Å². The molecular weight excluding hydrogens is 236 g/mol. The molecule has 0 saturated carbocycles. The minimum absolute atomic E-state index is 0.363. The van der Waals surface area contributed by atoms with Gasteiger partial charge in [-0.15, -0.1) is 0 Å². The summed E-state index contributed by atoms with van der Waals surface area (Å²) in [6.07, 6.45) is 4.15. The fourth-order valence-electron chi connectivity index (χ4n) is 2.81. The Kier molecular flexibility index (Phi) is 7.33. The topological polar surface area (TPSA) is 24.5 Å². The minimum Gasteiger partial charge on any atom is -0.377 e. The molecule has 0 aromatic carbocycles. The van der Waals surface area contributed by atoms with Crippen molar-refractivity contribution in [1.82, 2.24) is 10.2 Å². The van der Waals surface area contributed by atoms with Crippen molar-refractivity contribution in [3.63, 3.8) is 0 Å². The molecule has 0 aromatic rings. The summed E-state index contributed by atoms with van der Waals surface area (Å²) in [7, 11) is 2.23. The van der Waals surface area contributed by atoms with Gasteiger partial charge in [-0.3, -0.25) is 0 Å². The van der Waals surface area contributed by atoms with Crippen molar-refractivity contribution in [3.8, 4) is 0 Å². The minimum atomic E-state index is 0.363. The molecule has 1 aliphatic heterocycles. The van der Waals surface area contributed by atoms with E-state index < -0.39 is 0 Å². The molecule has 1 saturated heterocycles. The second-order valence-corrected chi connectivity index (χ2v) is 7.02. The molecule has 0 aliphatic carbocycles. The molecule has 0 amide bonds. The Morgan fingerprint density at radius 3 is 2.68 bits per heavy atom. The number of ether oxygens (including phenoxy) is 1. The predicted molar refractivity (Wildman–Crippen MR) is 82.6 cm³/mol. The van der Waals surface area contributed by atoms with Crippen LogP contribution in [0.15, 0.2) is 0 Å². The molecule has 3 heteroatoms. The maximum absolute atomic E-state index is 5.73. The fourth-order valence-corrected chi connectivity index (χ4v) is 2.81. The van der Waals surface area contributed by atoms with Crippen LogP contribution in [0.4, 0.5) is 0 Å². The Hall–Kier alpha value is -0.120. The van der Waals surface area contributed by atoms with E-state index in [1.54, 1.807) is 0 Å². The quantitative estimate of drug-likeness (QED) is 0.697. The summed E-state index contributed by atoms with van der Waals surface area (Å²) in [5.41, 5.74) is 0.363. The third-order valence-electron chi connectivity index (χ3n) is 4.15. The van der Waals surface area contributed by atoms with Crippen LogP contribution in [0.1, 0.15) is 47.0 Å². The zero-order valence-corrected chi connectivity index (χ0v) is 13.7. The zero-order chi connectivity index (χ0) is 14.3. The van der Waals surface area contributed by atoms with E-state index >= 15 is 0 Å². The maximum atomic E-state index is 5.73. The van der Waals surface area contributed by atoms with E-state index in [9.17, 15) is 0 Å². The van der Waals surface area contributed by atoms with Crippen LogP contribution in [0.5, 0.6) is 0 Å². The molecular formula is C16H34N2O. The third-order valence-corrected chi connectivity index (χ3v) is 4.15. The van der Waals surface area contributed by atoms with Gasteiger partial charge in [-0.05, 0) is 44.2 Å². The molecule has 3 nitrogen and oxygen atoms in total. The van der Waals surface area contributed by atoms with E-state index in [0.29, 0.717) is 11.5 Å². The van der Waals surface area contributed by atoms with E-state index in [0.717, 1.165) is 38.7 Å². The van der Waals surface area contributed by atoms with Crippen molar-refractivity contribution in [2.45, 2.75) is 53.1 Å². The second kappa shape index (κ2) is 8.23. The largest absolute Gasteiger partial charge is 0.377 e. The Bertz CT molecular complexity index is 239. The molecule has 0 aromatic heterocycles. The molecule has 2 unspecified atom stereocenters. The summed E-state index contributed by atoms with van der Waals surface area (Å²) in [6, 6.07) is 0. The van der Waals surface area contributed by atoms with Gasteiger partial charge in [0, 0.05) is 26.2 Å². The van der Waals surface area contributed by atoms with E-state index in [4.69, 9.17) is 4.74 Å². The summed E-state index contributed by atoms with van der Waals surface area (Å²) in [5.74, 6) is 0.728. The molecule has 1 fully saturated rings. The van der Waals surface area contributed by atoms with E-state index in [1.807, 2.05) is 0 Å². The first-order valence-electron chi connectivity index (χ1n) is 7.96. The van der Waals surface area contributed by atoms with E-state index in [-0.39, 0.29) is 0 Å². The highest BCUT2D eigenvalue weighted by atomic mass is 16.5. The lowest BCUT2D eigenvalue weighted by molar-refractivity contribution is 0.0662. The van der Waals surface area contributed by atoms with Gasteiger partial charge in [0.2, 0.25) is 0 Å². The van der Waals surface area contributed by atoms with Gasteiger partial charge in [-0.2, -0.15) is 0 Å². The van der Waals surface area contributed by atoms with Gasteiger partial charge in [-0.25, -0.2) is 0 Å². The van der Waals surface area contributed by atoms with Gasteiger partial charge in [0.25, 0.3) is 0 Å². The molecule has 0 bridgehead atoms. The molecule has 114 valence electrons. The number of rotatable bonds is 9. The third kappa shape index (κ3) is 6.73. The van der Waals surface area contributed by atoms with Crippen molar-refractivity contribution in [1.29, 1.82) is 0 Å². The first kappa shape index (κ1) is 16.9. The number of hydrogen-bond donors (Lipinski definition) is 1. The number of nitrogens with one attached hydrogen (secondary N) is 1. The lowest BCUT2D eigenvalue weighted by atomic mass is 9.86. The van der Waals surface area contributed by atoms with Crippen molar-refractivity contribution < 1.29 is 4.74 Å². The van der Waals surface area contributed by atoms with Crippen LogP contribution >= 0.6 is 0 Å². The van der Waals surface area contributed by atoms with Gasteiger partial charge in [0.05, 0.1) is 6.10 Å². The van der Waals surface area contributed by atoms with Crippen LogP contribution in [0.3, 0.4) is 0 Å². The Labute approximate surface area is 120 Å². The van der Waals surface area contributed by atoms with Gasteiger partial charge >= 0.3 is 0 Å². The standard InChI is InChI=1S/C16H34N2O/c1-6-16(4,12-17-10-14(2)3)13-18(5)11-15-8-7-9-19-15/h14-15,17H,6-13H2,1-5H3. The SMILES string of the molecule is CCC(C)(CNCC(C)C)CN(C)CC1CCCO1. The van der Waals surface area contributed by atoms with E-state index in [1.165, 1.54) is 19.3 Å².